The standard InChI is InChI=1S/C14H19N5/c1-3-16-12(14-18-8-10(2)9-19-14)7-11-5-4-6-17-13(11)15/h4-6,8-9,12,16H,3,7H2,1-2H3,(H2,15,17). The summed E-state index contributed by atoms with van der Waals surface area (Å²) in [4.78, 5) is 12.9. The fourth-order valence-electron chi connectivity index (χ4n) is 1.93. The highest BCUT2D eigenvalue weighted by atomic mass is 15.0. The topological polar surface area (TPSA) is 76.7 Å². The average molecular weight is 257 g/mol. The summed E-state index contributed by atoms with van der Waals surface area (Å²) < 4.78 is 0. The summed E-state index contributed by atoms with van der Waals surface area (Å²) in [6.45, 7) is 4.89. The molecule has 5 nitrogen and oxygen atoms in total. The number of aryl methyl sites for hydroxylation is 1. The smallest absolute Gasteiger partial charge is 0.145 e. The zero-order valence-electron chi connectivity index (χ0n) is 11.3. The minimum Gasteiger partial charge on any atom is -0.383 e. The average Bonchev–Trinajstić information content (AvgIpc) is 2.42. The van der Waals surface area contributed by atoms with Gasteiger partial charge in [0.2, 0.25) is 0 Å². The highest BCUT2D eigenvalue weighted by Crippen LogP contribution is 2.18. The van der Waals surface area contributed by atoms with Crippen LogP contribution in [0.15, 0.2) is 30.7 Å². The van der Waals surface area contributed by atoms with Crippen LogP contribution in [0, 0.1) is 6.92 Å². The number of likely N-dealkylation sites (N-methyl/N-ethyl adjacent to an activating group) is 1. The monoisotopic (exact) mass is 257 g/mol. The molecule has 2 aromatic rings. The van der Waals surface area contributed by atoms with Gasteiger partial charge in [-0.1, -0.05) is 13.0 Å². The van der Waals surface area contributed by atoms with Crippen molar-refractivity contribution in [3.63, 3.8) is 0 Å². The highest BCUT2D eigenvalue weighted by Gasteiger charge is 2.15. The Hall–Kier alpha value is -2.01. The van der Waals surface area contributed by atoms with Crippen LogP contribution in [0.3, 0.4) is 0 Å². The second kappa shape index (κ2) is 6.24. The van der Waals surface area contributed by atoms with Gasteiger partial charge in [-0.2, -0.15) is 0 Å². The van der Waals surface area contributed by atoms with Gasteiger partial charge in [0.25, 0.3) is 0 Å². The number of hydrogen-bond donors (Lipinski definition) is 2. The molecule has 0 bridgehead atoms. The fraction of sp³-hybridized carbons (Fsp3) is 0.357. The van der Waals surface area contributed by atoms with E-state index in [1.807, 2.05) is 31.5 Å². The molecule has 3 N–H and O–H groups in total. The number of hydrogen-bond acceptors (Lipinski definition) is 5. The van der Waals surface area contributed by atoms with E-state index in [9.17, 15) is 0 Å². The molecule has 2 aromatic heterocycles. The summed E-state index contributed by atoms with van der Waals surface area (Å²) in [5.74, 6) is 1.35. The lowest BCUT2D eigenvalue weighted by molar-refractivity contribution is 0.521. The van der Waals surface area contributed by atoms with E-state index < -0.39 is 0 Å². The summed E-state index contributed by atoms with van der Waals surface area (Å²) in [6.07, 6.45) is 6.10. The molecule has 5 heteroatoms. The number of rotatable bonds is 5. The minimum atomic E-state index is 0.0529. The van der Waals surface area contributed by atoms with E-state index in [1.54, 1.807) is 6.20 Å². The van der Waals surface area contributed by atoms with Crippen molar-refractivity contribution in [2.24, 2.45) is 0 Å². The van der Waals surface area contributed by atoms with Crippen LogP contribution in [0.5, 0.6) is 0 Å². The first-order valence-electron chi connectivity index (χ1n) is 6.42. The van der Waals surface area contributed by atoms with E-state index in [0.29, 0.717) is 5.82 Å². The van der Waals surface area contributed by atoms with Crippen molar-refractivity contribution < 1.29 is 0 Å². The van der Waals surface area contributed by atoms with Crippen molar-refractivity contribution in [3.05, 3.63) is 47.7 Å². The number of pyridine rings is 1. The van der Waals surface area contributed by atoms with Gasteiger partial charge < -0.3 is 11.1 Å². The number of nitrogen functional groups attached to an aromatic ring is 1. The summed E-state index contributed by atoms with van der Waals surface area (Å²) in [5, 5.41) is 3.39. The maximum atomic E-state index is 5.89. The molecule has 0 aromatic carbocycles. The Morgan fingerprint density at radius 3 is 2.63 bits per heavy atom. The molecule has 0 fully saturated rings. The van der Waals surface area contributed by atoms with Gasteiger partial charge in [0.05, 0.1) is 6.04 Å². The van der Waals surface area contributed by atoms with Gasteiger partial charge in [0, 0.05) is 18.6 Å². The molecule has 19 heavy (non-hydrogen) atoms. The van der Waals surface area contributed by atoms with Crippen LogP contribution in [-0.4, -0.2) is 21.5 Å². The van der Waals surface area contributed by atoms with E-state index in [-0.39, 0.29) is 6.04 Å². The number of aromatic nitrogens is 3. The van der Waals surface area contributed by atoms with Crippen LogP contribution in [-0.2, 0) is 6.42 Å². The van der Waals surface area contributed by atoms with Crippen LogP contribution >= 0.6 is 0 Å². The predicted molar refractivity (Wildman–Crippen MR) is 75.5 cm³/mol. The van der Waals surface area contributed by atoms with E-state index in [0.717, 1.165) is 29.9 Å². The molecule has 2 rings (SSSR count). The molecule has 0 spiro atoms. The molecule has 0 aliphatic carbocycles. The van der Waals surface area contributed by atoms with Crippen LogP contribution < -0.4 is 11.1 Å². The zero-order chi connectivity index (χ0) is 13.7. The van der Waals surface area contributed by atoms with Gasteiger partial charge >= 0.3 is 0 Å². The fourth-order valence-corrected chi connectivity index (χ4v) is 1.93. The third-order valence-electron chi connectivity index (χ3n) is 2.91. The first kappa shape index (κ1) is 13.4. The first-order valence-corrected chi connectivity index (χ1v) is 6.42. The van der Waals surface area contributed by atoms with Crippen LogP contribution in [0.2, 0.25) is 0 Å². The lowest BCUT2D eigenvalue weighted by Crippen LogP contribution is -2.25. The molecule has 100 valence electrons. The maximum absolute atomic E-state index is 5.89. The van der Waals surface area contributed by atoms with Gasteiger partial charge in [-0.15, -0.1) is 0 Å². The van der Waals surface area contributed by atoms with Gasteiger partial charge in [0.1, 0.15) is 11.6 Å². The highest BCUT2D eigenvalue weighted by molar-refractivity contribution is 5.39. The molecule has 0 aliphatic rings. The van der Waals surface area contributed by atoms with Gasteiger partial charge in [-0.3, -0.25) is 0 Å². The Kier molecular flexibility index (Phi) is 4.41. The van der Waals surface area contributed by atoms with Gasteiger partial charge in [0.15, 0.2) is 0 Å². The Labute approximate surface area is 113 Å². The lowest BCUT2D eigenvalue weighted by atomic mass is 10.1. The van der Waals surface area contributed by atoms with E-state index in [4.69, 9.17) is 5.73 Å². The number of nitrogens with one attached hydrogen (secondary N) is 1. The van der Waals surface area contributed by atoms with Crippen molar-refractivity contribution in [2.45, 2.75) is 26.3 Å². The van der Waals surface area contributed by atoms with Crippen LogP contribution in [0.1, 0.15) is 29.9 Å². The van der Waals surface area contributed by atoms with Gasteiger partial charge in [-0.25, -0.2) is 15.0 Å². The minimum absolute atomic E-state index is 0.0529. The van der Waals surface area contributed by atoms with Crippen LogP contribution in [0.4, 0.5) is 5.82 Å². The maximum Gasteiger partial charge on any atom is 0.145 e. The molecule has 0 saturated carbocycles. The molecule has 0 aliphatic heterocycles. The van der Waals surface area contributed by atoms with Crippen molar-refractivity contribution in [1.29, 1.82) is 0 Å². The number of nitrogens with zero attached hydrogens (tertiary/aromatic N) is 3. The molecular formula is C14H19N5. The lowest BCUT2D eigenvalue weighted by Gasteiger charge is -2.17. The summed E-state index contributed by atoms with van der Waals surface area (Å²) in [6, 6.07) is 3.93. The van der Waals surface area contributed by atoms with Crippen molar-refractivity contribution in [3.8, 4) is 0 Å². The van der Waals surface area contributed by atoms with Crippen molar-refractivity contribution in [1.82, 2.24) is 20.3 Å². The van der Waals surface area contributed by atoms with Gasteiger partial charge in [-0.05, 0) is 37.1 Å². The van der Waals surface area contributed by atoms with E-state index >= 15 is 0 Å². The van der Waals surface area contributed by atoms with Crippen molar-refractivity contribution >= 4 is 5.82 Å². The molecular weight excluding hydrogens is 238 g/mol. The number of nitrogens with two attached hydrogens (primary N) is 1. The van der Waals surface area contributed by atoms with Crippen molar-refractivity contribution in [2.75, 3.05) is 12.3 Å². The molecule has 2 heterocycles. The summed E-state index contributed by atoms with van der Waals surface area (Å²) >= 11 is 0. The van der Waals surface area contributed by atoms with Crippen LogP contribution in [0.25, 0.3) is 0 Å². The molecule has 0 radical (unpaired) electrons. The molecule has 1 atom stereocenters. The quantitative estimate of drug-likeness (QED) is 0.851. The summed E-state index contributed by atoms with van der Waals surface area (Å²) in [7, 11) is 0. The second-order valence-corrected chi connectivity index (χ2v) is 4.48. The largest absolute Gasteiger partial charge is 0.383 e. The molecule has 0 saturated heterocycles. The normalized spacial score (nSPS) is 12.3. The Morgan fingerprint density at radius 2 is 2.00 bits per heavy atom. The summed E-state index contributed by atoms with van der Waals surface area (Å²) in [5.41, 5.74) is 7.95. The Balaban J connectivity index is 2.21. The SMILES string of the molecule is CCNC(Cc1cccnc1N)c1ncc(C)cn1. The third kappa shape index (κ3) is 3.48. The number of anilines is 1. The third-order valence-corrected chi connectivity index (χ3v) is 2.91. The Morgan fingerprint density at radius 1 is 1.26 bits per heavy atom. The van der Waals surface area contributed by atoms with E-state index in [2.05, 4.69) is 27.2 Å². The Bertz CT molecular complexity index is 524. The second-order valence-electron chi connectivity index (χ2n) is 4.48. The zero-order valence-corrected chi connectivity index (χ0v) is 11.3. The first-order chi connectivity index (χ1) is 9.20. The molecule has 1 unspecified atom stereocenters. The molecule has 0 amide bonds. The van der Waals surface area contributed by atoms with E-state index in [1.165, 1.54) is 0 Å². The predicted octanol–water partition coefficient (Wildman–Crippen LogP) is 1.66.